The molecule has 2 fully saturated rings. The van der Waals surface area contributed by atoms with Crippen LogP contribution in [0.3, 0.4) is 0 Å². The molecule has 28 heavy (non-hydrogen) atoms. The molecule has 2 atom stereocenters. The Morgan fingerprint density at radius 2 is 2.00 bits per heavy atom. The molecule has 1 aromatic carbocycles. The van der Waals surface area contributed by atoms with Crippen LogP contribution < -0.4 is 14.9 Å². The lowest BCUT2D eigenvalue weighted by Crippen LogP contribution is -2.55. The van der Waals surface area contributed by atoms with Gasteiger partial charge in [0, 0.05) is 24.5 Å². The third-order valence-corrected chi connectivity index (χ3v) is 6.18. The van der Waals surface area contributed by atoms with E-state index >= 15 is 0 Å². The number of hydrogen-bond donors (Lipinski definition) is 2. The van der Waals surface area contributed by atoms with Crippen molar-refractivity contribution in [2.45, 2.75) is 68.7 Å². The van der Waals surface area contributed by atoms with Crippen LogP contribution in [0, 0.1) is 11.7 Å². The Balaban J connectivity index is 1.70. The van der Waals surface area contributed by atoms with Crippen LogP contribution in [0.5, 0.6) is 0 Å². The van der Waals surface area contributed by atoms with E-state index in [1.54, 1.807) is 0 Å². The first-order chi connectivity index (χ1) is 13.2. The molecule has 154 valence electrons. The average Bonchev–Trinajstić information content (AvgIpc) is 3.44. The van der Waals surface area contributed by atoms with Gasteiger partial charge in [0.05, 0.1) is 10.6 Å². The fraction of sp³-hybridized carbons (Fsp3) is 0.632. The molecule has 3 aliphatic rings. The highest BCUT2D eigenvalue weighted by Gasteiger charge is 2.48. The maximum atomic E-state index is 14.2. The van der Waals surface area contributed by atoms with Gasteiger partial charge in [0.1, 0.15) is 23.4 Å². The summed E-state index contributed by atoms with van der Waals surface area (Å²) in [4.78, 5) is 6.44. The lowest BCUT2D eigenvalue weighted by atomic mass is 9.95. The largest absolute Gasteiger partial charge is 0.408 e. The van der Waals surface area contributed by atoms with Crippen molar-refractivity contribution in [3.05, 3.63) is 17.9 Å². The molecule has 2 aliphatic heterocycles. The van der Waals surface area contributed by atoms with Gasteiger partial charge >= 0.3 is 6.18 Å². The zero-order chi connectivity index (χ0) is 20.1. The molecule has 0 aromatic heterocycles. The molecule has 2 N–H and O–H groups in total. The van der Waals surface area contributed by atoms with E-state index in [1.807, 2.05) is 13.8 Å². The van der Waals surface area contributed by atoms with Crippen LogP contribution in [0.1, 0.15) is 39.5 Å². The highest BCUT2D eigenvalue weighted by Crippen LogP contribution is 2.46. The standard InChI is InChI=1S/C19H24F4N4S/c1-10(2)24-13-5-6-27(16(9-13)19(21,22)23)14-7-12(20)8-15-17(14)25-18(26-28-15)11-3-4-11/h7-8,10-11,13,16,24H,3-6,9H2,1-2H3,(H,25,26). The lowest BCUT2D eigenvalue weighted by Gasteiger charge is -2.43. The number of anilines is 1. The Labute approximate surface area is 166 Å². The molecule has 0 spiro atoms. The summed E-state index contributed by atoms with van der Waals surface area (Å²) in [5, 5.41) is 3.22. The number of piperidine rings is 1. The molecule has 4 nitrogen and oxygen atoms in total. The second-order valence-corrected chi connectivity index (χ2v) is 8.89. The molecule has 1 saturated carbocycles. The van der Waals surface area contributed by atoms with Crippen LogP contribution in [0.25, 0.3) is 0 Å². The normalized spacial score (nSPS) is 25.4. The maximum Gasteiger partial charge on any atom is 0.408 e. The summed E-state index contributed by atoms with van der Waals surface area (Å²) < 4.78 is 59.1. The molecule has 1 saturated heterocycles. The number of fused-ring (bicyclic) bond motifs is 1. The number of benzene rings is 1. The molecule has 0 radical (unpaired) electrons. The molecule has 0 bridgehead atoms. The van der Waals surface area contributed by atoms with Crippen molar-refractivity contribution < 1.29 is 17.6 Å². The van der Waals surface area contributed by atoms with E-state index in [-0.39, 0.29) is 30.7 Å². The first kappa shape index (κ1) is 19.8. The fourth-order valence-corrected chi connectivity index (χ4v) is 4.78. The second-order valence-electron chi connectivity index (χ2n) is 8.04. The number of hydrogen-bond acceptors (Lipinski definition) is 5. The zero-order valence-electron chi connectivity index (χ0n) is 15.8. The molecule has 2 unspecified atom stereocenters. The summed E-state index contributed by atoms with van der Waals surface area (Å²) in [7, 11) is 0. The summed E-state index contributed by atoms with van der Waals surface area (Å²) in [6.45, 7) is 4.06. The maximum absolute atomic E-state index is 14.2. The third kappa shape index (κ3) is 4.10. The van der Waals surface area contributed by atoms with Crippen molar-refractivity contribution in [3.8, 4) is 0 Å². The molecule has 0 amide bonds. The minimum absolute atomic E-state index is 0.0580. The average molecular weight is 416 g/mol. The van der Waals surface area contributed by atoms with Crippen molar-refractivity contribution in [1.82, 2.24) is 10.0 Å². The van der Waals surface area contributed by atoms with Crippen LogP contribution in [-0.4, -0.2) is 36.7 Å². The van der Waals surface area contributed by atoms with Gasteiger partial charge in [-0.15, -0.1) is 0 Å². The molecule has 1 aromatic rings. The van der Waals surface area contributed by atoms with Gasteiger partial charge in [-0.05, 0) is 49.8 Å². The van der Waals surface area contributed by atoms with E-state index in [4.69, 9.17) is 0 Å². The highest BCUT2D eigenvalue weighted by molar-refractivity contribution is 7.98. The number of rotatable bonds is 4. The van der Waals surface area contributed by atoms with Crippen molar-refractivity contribution in [3.63, 3.8) is 0 Å². The lowest BCUT2D eigenvalue weighted by molar-refractivity contribution is -0.154. The van der Waals surface area contributed by atoms with E-state index in [0.717, 1.165) is 18.7 Å². The smallest absolute Gasteiger partial charge is 0.358 e. The van der Waals surface area contributed by atoms with Crippen LogP contribution in [0.2, 0.25) is 0 Å². The highest BCUT2D eigenvalue weighted by atomic mass is 32.2. The molecule has 2 heterocycles. The molecule has 4 rings (SSSR count). The Bertz CT molecular complexity index is 776. The number of nitrogens with zero attached hydrogens (tertiary/aromatic N) is 2. The van der Waals surface area contributed by atoms with E-state index < -0.39 is 18.0 Å². The fourth-order valence-electron chi connectivity index (χ4n) is 3.94. The Kier molecular flexibility index (Phi) is 5.24. The van der Waals surface area contributed by atoms with Gasteiger partial charge in [-0.2, -0.15) is 13.2 Å². The predicted molar refractivity (Wildman–Crippen MR) is 104 cm³/mol. The van der Waals surface area contributed by atoms with Crippen molar-refractivity contribution in [2.24, 2.45) is 10.9 Å². The molecule has 9 heteroatoms. The first-order valence-electron chi connectivity index (χ1n) is 9.66. The Morgan fingerprint density at radius 1 is 1.25 bits per heavy atom. The van der Waals surface area contributed by atoms with Gasteiger partial charge in [0.15, 0.2) is 0 Å². The van der Waals surface area contributed by atoms with Crippen LogP contribution in [0.4, 0.5) is 28.9 Å². The van der Waals surface area contributed by atoms with E-state index in [9.17, 15) is 17.6 Å². The van der Waals surface area contributed by atoms with Crippen LogP contribution in [0.15, 0.2) is 22.0 Å². The zero-order valence-corrected chi connectivity index (χ0v) is 16.6. The summed E-state index contributed by atoms with van der Waals surface area (Å²) in [5.74, 6) is 0.569. The first-order valence-corrected chi connectivity index (χ1v) is 10.5. The summed E-state index contributed by atoms with van der Waals surface area (Å²) in [5.41, 5.74) is 0.698. The third-order valence-electron chi connectivity index (χ3n) is 5.34. The summed E-state index contributed by atoms with van der Waals surface area (Å²) >= 11 is 1.23. The van der Waals surface area contributed by atoms with Gasteiger partial charge in [0.25, 0.3) is 0 Å². The monoisotopic (exact) mass is 416 g/mol. The summed E-state index contributed by atoms with van der Waals surface area (Å²) in [6.07, 6.45) is -1.84. The SMILES string of the molecule is CC(C)NC1CCN(c2cc(F)cc3c2N=C(C2CC2)NS3)C(C(F)(F)F)C1. The van der Waals surface area contributed by atoms with Gasteiger partial charge in [-0.25, -0.2) is 9.38 Å². The van der Waals surface area contributed by atoms with E-state index in [0.29, 0.717) is 22.9 Å². The van der Waals surface area contributed by atoms with Crippen molar-refractivity contribution >= 4 is 29.2 Å². The van der Waals surface area contributed by atoms with Gasteiger partial charge in [-0.1, -0.05) is 13.8 Å². The van der Waals surface area contributed by atoms with Crippen LogP contribution in [-0.2, 0) is 0 Å². The molecular weight excluding hydrogens is 392 g/mol. The van der Waals surface area contributed by atoms with Crippen molar-refractivity contribution in [1.29, 1.82) is 0 Å². The van der Waals surface area contributed by atoms with E-state index in [2.05, 4.69) is 15.0 Å². The number of alkyl halides is 3. The van der Waals surface area contributed by atoms with Gasteiger partial charge in [-0.3, -0.25) is 0 Å². The Hall–Kier alpha value is -1.48. The second kappa shape index (κ2) is 7.40. The number of amidine groups is 1. The molecular formula is C19H24F4N4S. The Morgan fingerprint density at radius 3 is 2.64 bits per heavy atom. The topological polar surface area (TPSA) is 39.7 Å². The summed E-state index contributed by atoms with van der Waals surface area (Å²) in [6, 6.07) is 0.768. The quantitative estimate of drug-likeness (QED) is 0.548. The van der Waals surface area contributed by atoms with E-state index in [1.165, 1.54) is 29.0 Å². The number of aliphatic imine (C=N–C) groups is 1. The van der Waals surface area contributed by atoms with Crippen molar-refractivity contribution in [2.75, 3.05) is 11.4 Å². The molecule has 1 aliphatic carbocycles. The minimum Gasteiger partial charge on any atom is -0.358 e. The minimum atomic E-state index is -4.40. The predicted octanol–water partition coefficient (Wildman–Crippen LogP) is 4.77. The number of halogens is 4. The van der Waals surface area contributed by atoms with Gasteiger partial charge < -0.3 is 14.9 Å². The number of nitrogens with one attached hydrogen (secondary N) is 2. The van der Waals surface area contributed by atoms with Crippen LogP contribution >= 0.6 is 11.9 Å². The van der Waals surface area contributed by atoms with Gasteiger partial charge in [0.2, 0.25) is 0 Å².